The third-order valence-electron chi connectivity index (χ3n) is 6.12. The molecule has 0 aliphatic carbocycles. The van der Waals surface area contributed by atoms with E-state index in [1.807, 2.05) is 121 Å². The summed E-state index contributed by atoms with van der Waals surface area (Å²) < 4.78 is -2.23. The number of carbonyl (C=O) groups is 2. The largest absolute Gasteiger partial charge is 0.292 e. The van der Waals surface area contributed by atoms with Crippen molar-refractivity contribution in [3.05, 3.63) is 144 Å². The van der Waals surface area contributed by atoms with E-state index in [1.165, 1.54) is 0 Å². The summed E-state index contributed by atoms with van der Waals surface area (Å²) in [6.07, 6.45) is 0. The summed E-state index contributed by atoms with van der Waals surface area (Å²) in [7, 11) is 0. The van der Waals surface area contributed by atoms with Crippen molar-refractivity contribution in [1.29, 1.82) is 0 Å². The first-order valence-electron chi connectivity index (χ1n) is 10.8. The van der Waals surface area contributed by atoms with Crippen LogP contribution in [0.4, 0.5) is 0 Å². The Morgan fingerprint density at radius 1 is 0.485 bits per heavy atom. The number of thioether (sulfide) groups is 2. The van der Waals surface area contributed by atoms with Crippen LogP contribution >= 0.6 is 23.5 Å². The lowest BCUT2D eigenvalue weighted by Crippen LogP contribution is -2.52. The van der Waals surface area contributed by atoms with Gasteiger partial charge in [0.15, 0.2) is 11.6 Å². The fourth-order valence-corrected chi connectivity index (χ4v) is 8.56. The highest BCUT2D eigenvalue weighted by atomic mass is 32.2. The van der Waals surface area contributed by atoms with Gasteiger partial charge in [-0.1, -0.05) is 121 Å². The van der Waals surface area contributed by atoms with Crippen LogP contribution in [0.25, 0.3) is 0 Å². The van der Waals surface area contributed by atoms with E-state index >= 15 is 0 Å². The molecule has 4 aromatic rings. The van der Waals surface area contributed by atoms with Crippen LogP contribution in [0.5, 0.6) is 0 Å². The Morgan fingerprint density at radius 3 is 1.12 bits per heavy atom. The van der Waals surface area contributed by atoms with Gasteiger partial charge >= 0.3 is 0 Å². The molecule has 4 aromatic carbocycles. The van der Waals surface area contributed by atoms with Crippen molar-refractivity contribution < 1.29 is 9.59 Å². The van der Waals surface area contributed by atoms with Crippen LogP contribution in [-0.2, 0) is 9.49 Å². The van der Waals surface area contributed by atoms with Gasteiger partial charge in [-0.05, 0) is 11.1 Å². The van der Waals surface area contributed by atoms with Crippen LogP contribution in [-0.4, -0.2) is 16.7 Å². The minimum Gasteiger partial charge on any atom is -0.292 e. The summed E-state index contributed by atoms with van der Waals surface area (Å²) in [6, 6.07) is 38.3. The molecule has 2 nitrogen and oxygen atoms in total. The number of hydrogen-bond acceptors (Lipinski definition) is 4. The molecule has 162 valence electrons. The van der Waals surface area contributed by atoms with E-state index in [4.69, 9.17) is 0 Å². The lowest BCUT2D eigenvalue weighted by Gasteiger charge is -2.43. The Morgan fingerprint density at radius 2 is 0.788 bits per heavy atom. The fraction of sp³-hybridized carbons (Fsp3) is 0.103. The summed E-state index contributed by atoms with van der Waals surface area (Å²) >= 11 is 3.13. The van der Waals surface area contributed by atoms with Crippen LogP contribution in [0, 0.1) is 0 Å². The minimum absolute atomic E-state index is 0.0440. The zero-order valence-corrected chi connectivity index (χ0v) is 19.5. The summed E-state index contributed by atoms with van der Waals surface area (Å²) in [6.45, 7) is 0. The maximum absolute atomic E-state index is 14.5. The Bertz CT molecular complexity index is 1160. The molecule has 2 atom stereocenters. The number of benzene rings is 4. The van der Waals surface area contributed by atoms with Crippen LogP contribution in [0.15, 0.2) is 121 Å². The highest BCUT2D eigenvalue weighted by molar-refractivity contribution is 8.21. The van der Waals surface area contributed by atoms with Gasteiger partial charge in [0.25, 0.3) is 0 Å². The van der Waals surface area contributed by atoms with Gasteiger partial charge in [-0.25, -0.2) is 0 Å². The number of hydrogen-bond donors (Lipinski definition) is 0. The molecule has 1 aliphatic heterocycles. The van der Waals surface area contributed by atoms with Crippen molar-refractivity contribution >= 4 is 35.1 Å². The van der Waals surface area contributed by atoms with Crippen molar-refractivity contribution in [1.82, 2.24) is 0 Å². The average molecular weight is 467 g/mol. The SMILES string of the molecule is O=C(c1ccccc1)[C@@]1(c2ccccc2)SCS[C@@]1(C(=O)c1ccccc1)c1ccccc1. The first-order chi connectivity index (χ1) is 16.2. The van der Waals surface area contributed by atoms with Gasteiger partial charge < -0.3 is 0 Å². The first kappa shape index (κ1) is 21.7. The zero-order valence-electron chi connectivity index (χ0n) is 17.9. The molecule has 1 saturated heterocycles. The van der Waals surface area contributed by atoms with Gasteiger partial charge in [0.1, 0.15) is 9.49 Å². The molecule has 1 fully saturated rings. The molecule has 0 saturated carbocycles. The van der Waals surface area contributed by atoms with Gasteiger partial charge in [-0.2, -0.15) is 0 Å². The topological polar surface area (TPSA) is 34.1 Å². The second-order valence-corrected chi connectivity index (χ2v) is 10.6. The molecule has 0 N–H and O–H groups in total. The van der Waals surface area contributed by atoms with Crippen LogP contribution in [0.2, 0.25) is 0 Å². The van der Waals surface area contributed by atoms with Gasteiger partial charge in [0.2, 0.25) is 0 Å². The highest BCUT2D eigenvalue weighted by Crippen LogP contribution is 2.66. The summed E-state index contributed by atoms with van der Waals surface area (Å²) in [5, 5.41) is 0.626. The second-order valence-electron chi connectivity index (χ2n) is 7.89. The molecule has 1 heterocycles. The summed E-state index contributed by atoms with van der Waals surface area (Å²) in [4.78, 5) is 29.0. The average Bonchev–Trinajstić information content (AvgIpc) is 3.32. The van der Waals surface area contributed by atoms with E-state index in [1.54, 1.807) is 23.5 Å². The Balaban J connectivity index is 1.85. The lowest BCUT2D eigenvalue weighted by molar-refractivity contribution is 0.0826. The van der Waals surface area contributed by atoms with Gasteiger partial charge in [-0.3, -0.25) is 9.59 Å². The van der Waals surface area contributed by atoms with E-state index in [9.17, 15) is 9.59 Å². The van der Waals surface area contributed by atoms with Gasteiger partial charge in [0.05, 0.1) is 0 Å². The highest BCUT2D eigenvalue weighted by Gasteiger charge is 2.66. The van der Waals surface area contributed by atoms with E-state index in [-0.39, 0.29) is 11.6 Å². The first-order valence-corrected chi connectivity index (χ1v) is 12.8. The number of carbonyl (C=O) groups excluding carboxylic acids is 2. The molecule has 0 aromatic heterocycles. The van der Waals surface area contributed by atoms with Crippen LogP contribution in [0.3, 0.4) is 0 Å². The molecule has 4 heteroatoms. The standard InChI is InChI=1S/C29H22O2S2/c30-26(22-13-5-1-6-14-22)28(24-17-9-3-10-18-24)29(33-21-32-28,25-19-11-4-12-20-25)27(31)23-15-7-2-8-16-23/h1-20H,21H2/t28-,29-/m1/s1. The van der Waals surface area contributed by atoms with Crippen molar-refractivity contribution in [3.8, 4) is 0 Å². The Labute approximate surface area is 202 Å². The van der Waals surface area contributed by atoms with E-state index in [0.717, 1.165) is 11.1 Å². The van der Waals surface area contributed by atoms with Gasteiger partial charge in [0, 0.05) is 16.2 Å². The van der Waals surface area contributed by atoms with Crippen molar-refractivity contribution in [2.75, 3.05) is 5.08 Å². The summed E-state index contributed by atoms with van der Waals surface area (Å²) in [5.74, 6) is -0.0881. The lowest BCUT2D eigenvalue weighted by atomic mass is 9.71. The fourth-order valence-electron chi connectivity index (χ4n) is 4.63. The molecule has 33 heavy (non-hydrogen) atoms. The number of ketones is 2. The molecule has 0 bridgehead atoms. The van der Waals surface area contributed by atoms with Crippen molar-refractivity contribution in [2.45, 2.75) is 9.49 Å². The van der Waals surface area contributed by atoms with E-state index in [2.05, 4.69) is 0 Å². The quantitative estimate of drug-likeness (QED) is 0.287. The Hall–Kier alpha value is -3.08. The van der Waals surface area contributed by atoms with E-state index < -0.39 is 9.49 Å². The minimum atomic E-state index is -1.12. The normalized spacial score (nSPS) is 22.1. The zero-order chi connectivity index (χ0) is 22.7. The maximum atomic E-state index is 14.5. The second kappa shape index (κ2) is 9.05. The molecule has 0 unspecified atom stereocenters. The predicted octanol–water partition coefficient (Wildman–Crippen LogP) is 6.98. The molecular weight excluding hydrogens is 444 g/mol. The van der Waals surface area contributed by atoms with Crippen LogP contribution < -0.4 is 0 Å². The molecule has 1 aliphatic rings. The maximum Gasteiger partial charge on any atom is 0.185 e. The van der Waals surface area contributed by atoms with Gasteiger partial charge in [-0.15, -0.1) is 23.5 Å². The van der Waals surface area contributed by atoms with Crippen molar-refractivity contribution in [3.63, 3.8) is 0 Å². The van der Waals surface area contributed by atoms with Crippen molar-refractivity contribution in [2.24, 2.45) is 0 Å². The molecule has 5 rings (SSSR count). The Kier molecular flexibility index (Phi) is 5.96. The predicted molar refractivity (Wildman–Crippen MR) is 138 cm³/mol. The third kappa shape index (κ3) is 3.45. The monoisotopic (exact) mass is 466 g/mol. The molecule has 0 amide bonds. The molecule has 0 spiro atoms. The number of rotatable bonds is 6. The number of Topliss-reactive ketones (excluding diaryl/α,β-unsaturated/α-hetero) is 2. The molecular formula is C29H22O2S2. The smallest absolute Gasteiger partial charge is 0.185 e. The third-order valence-corrected chi connectivity index (χ3v) is 9.51. The van der Waals surface area contributed by atoms with E-state index in [0.29, 0.717) is 16.2 Å². The molecule has 0 radical (unpaired) electrons. The summed E-state index contributed by atoms with van der Waals surface area (Å²) in [5.41, 5.74) is 2.92. The van der Waals surface area contributed by atoms with Crippen LogP contribution in [0.1, 0.15) is 31.8 Å².